The summed E-state index contributed by atoms with van der Waals surface area (Å²) in [5.41, 5.74) is 0. The van der Waals surface area contributed by atoms with Crippen molar-refractivity contribution in [3.8, 4) is 0 Å². The molecule has 2 saturated carbocycles. The summed E-state index contributed by atoms with van der Waals surface area (Å²) in [5.74, 6) is 6.23. The van der Waals surface area contributed by atoms with E-state index in [-0.39, 0.29) is 17.1 Å². The molecule has 2 heterocycles. The summed E-state index contributed by atoms with van der Waals surface area (Å²) in [5, 5.41) is 0. The smallest absolute Gasteiger partial charge is 0.191 e. The van der Waals surface area contributed by atoms with Crippen molar-refractivity contribution in [2.24, 2.45) is 21.8 Å². The Labute approximate surface area is 182 Å². The van der Waals surface area contributed by atoms with E-state index >= 15 is 0 Å². The van der Waals surface area contributed by atoms with E-state index in [0.29, 0.717) is 23.9 Å². The van der Waals surface area contributed by atoms with Crippen molar-refractivity contribution in [2.75, 3.05) is 13.2 Å². The predicted molar refractivity (Wildman–Crippen MR) is 110 cm³/mol. The summed E-state index contributed by atoms with van der Waals surface area (Å²) < 4.78 is 11.1. The molecule has 0 aromatic heterocycles. The monoisotopic (exact) mass is 422 g/mol. The zero-order valence-corrected chi connectivity index (χ0v) is 18.4. The molecule has 2 fully saturated rings. The van der Waals surface area contributed by atoms with Crippen LogP contribution in [0, 0.1) is 74.5 Å². The zero-order chi connectivity index (χ0) is 19.4. The maximum Gasteiger partial charge on any atom is 0.191 e. The number of aliphatic imine (C=N–C) groups is 2. The van der Waals surface area contributed by atoms with Crippen LogP contribution in [0.4, 0.5) is 0 Å². The van der Waals surface area contributed by atoms with Crippen molar-refractivity contribution < 1.29 is 26.5 Å². The van der Waals surface area contributed by atoms with Gasteiger partial charge in [0.15, 0.2) is 11.8 Å². The maximum absolute atomic E-state index is 5.58. The van der Waals surface area contributed by atoms with Crippen LogP contribution >= 0.6 is 0 Å². The van der Waals surface area contributed by atoms with Gasteiger partial charge in [-0.05, 0) is 62.7 Å². The molecule has 0 saturated heterocycles. The number of rotatable bonds is 4. The first-order valence-corrected chi connectivity index (χ1v) is 9.81. The van der Waals surface area contributed by atoms with Gasteiger partial charge in [0.25, 0.3) is 0 Å². The largest absolute Gasteiger partial charge is 0.478 e. The van der Waals surface area contributed by atoms with Crippen LogP contribution in [0.1, 0.15) is 34.6 Å². The van der Waals surface area contributed by atoms with Crippen molar-refractivity contribution in [2.45, 2.75) is 46.7 Å². The average molecular weight is 422 g/mol. The van der Waals surface area contributed by atoms with E-state index in [1.165, 1.54) is 5.92 Å². The van der Waals surface area contributed by atoms with Crippen LogP contribution in [-0.4, -0.2) is 37.1 Å². The van der Waals surface area contributed by atoms with Crippen LogP contribution in [0.25, 0.3) is 0 Å². The summed E-state index contributed by atoms with van der Waals surface area (Å²) in [6.07, 6.45) is 14.3. The van der Waals surface area contributed by atoms with Gasteiger partial charge in [-0.1, -0.05) is 34.6 Å². The molecule has 0 bridgehead atoms. The van der Waals surface area contributed by atoms with Gasteiger partial charge >= 0.3 is 0 Å². The summed E-state index contributed by atoms with van der Waals surface area (Å²) in [4.78, 5) is 9.09. The van der Waals surface area contributed by atoms with Crippen molar-refractivity contribution >= 4 is 11.8 Å². The average Bonchev–Trinajstić information content (AvgIpc) is 3.39. The van der Waals surface area contributed by atoms with E-state index < -0.39 is 0 Å². The quantitative estimate of drug-likeness (QED) is 0.641. The molecule has 0 spiro atoms. The first-order valence-electron chi connectivity index (χ1n) is 9.81. The van der Waals surface area contributed by atoms with Crippen molar-refractivity contribution in [3.05, 3.63) is 62.7 Å². The number of nitrogens with zero attached hydrogens (tertiary/aromatic N) is 2. The van der Waals surface area contributed by atoms with Gasteiger partial charge in [-0.25, -0.2) is 9.98 Å². The van der Waals surface area contributed by atoms with Gasteiger partial charge in [-0.15, -0.1) is 0 Å². The Bertz CT molecular complexity index is 541. The fourth-order valence-corrected chi connectivity index (χ4v) is 2.99. The molecule has 2 aliphatic carbocycles. The molecular weight excluding hydrogens is 392 g/mol. The standard InChI is InChI=1S/C12H16NO.C11H14NO.Fe/c1-8(2)11-7-14-12(13-11)10-5-4-9(3)6-10;1-8(2)10-7-13-11(12-10)9-5-3-4-6-9;/h4-6,8,11H,7H2,1-3H3;3-6,8,10H,7H2,1-2H3;/t11-;10-;/m11./s1. The molecule has 0 amide bonds. The van der Waals surface area contributed by atoms with Gasteiger partial charge in [0.1, 0.15) is 13.2 Å². The van der Waals surface area contributed by atoms with Gasteiger partial charge < -0.3 is 9.47 Å². The first-order chi connectivity index (χ1) is 12.9. The van der Waals surface area contributed by atoms with E-state index in [1.807, 2.05) is 25.7 Å². The van der Waals surface area contributed by atoms with Crippen LogP contribution in [0.15, 0.2) is 9.98 Å². The van der Waals surface area contributed by atoms with E-state index in [1.54, 1.807) is 0 Å². The van der Waals surface area contributed by atoms with Crippen LogP contribution in [0.3, 0.4) is 0 Å². The SMILES string of the molecule is CC(C)[C@H]1COC([C]2[CH][CH][CH][CH]2)=N1.C[C]1[CH][CH][C](C2=N[C@@H](C(C)C)CO2)[CH]1.[Fe]. The molecule has 4 nitrogen and oxygen atoms in total. The Balaban J connectivity index is 0.000000194. The Kier molecular flexibility index (Phi) is 9.34. The molecule has 0 unspecified atom stereocenters. The Morgan fingerprint density at radius 3 is 1.68 bits per heavy atom. The van der Waals surface area contributed by atoms with E-state index in [9.17, 15) is 0 Å². The molecule has 2 aliphatic heterocycles. The molecule has 4 rings (SSSR count). The zero-order valence-electron chi connectivity index (χ0n) is 17.3. The normalized spacial score (nSPS) is 28.5. The van der Waals surface area contributed by atoms with E-state index in [4.69, 9.17) is 9.47 Å². The summed E-state index contributed by atoms with van der Waals surface area (Å²) >= 11 is 0. The molecule has 0 N–H and O–H groups in total. The summed E-state index contributed by atoms with van der Waals surface area (Å²) in [7, 11) is 0. The Hall–Kier alpha value is -0.541. The van der Waals surface area contributed by atoms with Crippen LogP contribution < -0.4 is 0 Å². The summed E-state index contributed by atoms with van der Waals surface area (Å²) in [6.45, 7) is 12.2. The van der Waals surface area contributed by atoms with Crippen LogP contribution in [0.2, 0.25) is 0 Å². The molecule has 152 valence electrons. The number of hydrogen-bond donors (Lipinski definition) is 0. The van der Waals surface area contributed by atoms with E-state index in [2.05, 4.69) is 63.9 Å². The van der Waals surface area contributed by atoms with Crippen LogP contribution in [-0.2, 0) is 26.5 Å². The van der Waals surface area contributed by atoms with Gasteiger partial charge in [-0.3, -0.25) is 0 Å². The molecule has 5 heteroatoms. The Morgan fingerprint density at radius 2 is 1.29 bits per heavy atom. The molecule has 2 atom stereocenters. The summed E-state index contributed by atoms with van der Waals surface area (Å²) in [6, 6.07) is 0.671. The molecule has 0 aromatic carbocycles. The number of hydrogen-bond acceptors (Lipinski definition) is 4. The molecular formula is C23H30FeN2O2. The second kappa shape index (κ2) is 11.0. The minimum atomic E-state index is 0. The fraction of sp³-hybridized carbons (Fsp3) is 0.478. The molecule has 4 aliphatic rings. The minimum absolute atomic E-state index is 0. The third-order valence-electron chi connectivity index (χ3n) is 4.95. The third-order valence-corrected chi connectivity index (χ3v) is 4.95. The number of ether oxygens (including phenoxy) is 2. The van der Waals surface area contributed by atoms with Crippen LogP contribution in [0.5, 0.6) is 0 Å². The first kappa shape index (κ1) is 23.7. The van der Waals surface area contributed by atoms with Crippen molar-refractivity contribution in [1.29, 1.82) is 0 Å². The van der Waals surface area contributed by atoms with Gasteiger partial charge in [0.05, 0.1) is 23.9 Å². The molecule has 0 aromatic rings. The van der Waals surface area contributed by atoms with Gasteiger partial charge in [-0.2, -0.15) is 0 Å². The molecule has 10 radical (unpaired) electrons. The predicted octanol–water partition coefficient (Wildman–Crippen LogP) is 4.08. The third kappa shape index (κ3) is 6.23. The second-order valence-corrected chi connectivity index (χ2v) is 7.96. The van der Waals surface area contributed by atoms with Gasteiger partial charge in [0.2, 0.25) is 0 Å². The van der Waals surface area contributed by atoms with Crippen molar-refractivity contribution in [3.63, 3.8) is 0 Å². The second-order valence-electron chi connectivity index (χ2n) is 7.96. The Morgan fingerprint density at radius 1 is 0.786 bits per heavy atom. The fourth-order valence-electron chi connectivity index (χ4n) is 2.99. The van der Waals surface area contributed by atoms with Crippen molar-refractivity contribution in [1.82, 2.24) is 0 Å². The minimum Gasteiger partial charge on any atom is -0.478 e. The van der Waals surface area contributed by atoms with E-state index in [0.717, 1.165) is 36.8 Å². The van der Waals surface area contributed by atoms with Gasteiger partial charge in [0, 0.05) is 17.1 Å². The maximum atomic E-state index is 5.58. The molecule has 28 heavy (non-hydrogen) atoms. The topological polar surface area (TPSA) is 43.2 Å².